The van der Waals surface area contributed by atoms with Crippen molar-refractivity contribution < 1.29 is 4.79 Å². The first-order valence-electron chi connectivity index (χ1n) is 6.47. The Bertz CT molecular complexity index is 953. The number of hydrogen-bond acceptors (Lipinski definition) is 3. The van der Waals surface area contributed by atoms with Crippen LogP contribution in [0.15, 0.2) is 55.1 Å². The predicted molar refractivity (Wildman–Crippen MR) is 79.2 cm³/mol. The molecule has 0 saturated heterocycles. The van der Waals surface area contributed by atoms with E-state index in [1.165, 1.54) is 0 Å². The van der Waals surface area contributed by atoms with E-state index in [2.05, 4.69) is 20.4 Å². The Morgan fingerprint density at radius 3 is 3.14 bits per heavy atom. The van der Waals surface area contributed by atoms with E-state index in [4.69, 9.17) is 0 Å². The highest BCUT2D eigenvalue weighted by Crippen LogP contribution is 2.16. The molecule has 0 aromatic carbocycles. The van der Waals surface area contributed by atoms with E-state index >= 15 is 0 Å². The number of amides is 1. The van der Waals surface area contributed by atoms with Gasteiger partial charge in [-0.25, -0.2) is 9.50 Å². The molecule has 6 nitrogen and oxygen atoms in total. The molecule has 0 aliphatic rings. The van der Waals surface area contributed by atoms with E-state index in [-0.39, 0.29) is 5.91 Å². The number of nitrogens with zero attached hydrogens (tertiary/aromatic N) is 3. The van der Waals surface area contributed by atoms with Gasteiger partial charge in [0.25, 0.3) is 5.91 Å². The molecule has 4 rings (SSSR count). The van der Waals surface area contributed by atoms with Crippen LogP contribution >= 0.6 is 0 Å². The highest BCUT2D eigenvalue weighted by Gasteiger charge is 2.08. The van der Waals surface area contributed by atoms with Crippen molar-refractivity contribution >= 4 is 28.1 Å². The molecular weight excluding hydrogens is 266 g/mol. The number of fused-ring (bicyclic) bond motifs is 2. The standard InChI is InChI=1S/C15H11N5O/c21-15(11-3-6-20-13(8-11)2-5-18-20)19-12-7-10-1-4-16-14(10)17-9-12/h1-9H,(H,16,17)(H,19,21). The van der Waals surface area contributed by atoms with Gasteiger partial charge in [0, 0.05) is 29.5 Å². The minimum Gasteiger partial charge on any atom is -0.346 e. The number of anilines is 1. The molecule has 4 heterocycles. The molecule has 6 heteroatoms. The summed E-state index contributed by atoms with van der Waals surface area (Å²) in [7, 11) is 0. The minimum atomic E-state index is -0.171. The summed E-state index contributed by atoms with van der Waals surface area (Å²) in [5, 5.41) is 7.91. The summed E-state index contributed by atoms with van der Waals surface area (Å²) in [5.41, 5.74) is 2.92. The summed E-state index contributed by atoms with van der Waals surface area (Å²) >= 11 is 0. The van der Waals surface area contributed by atoms with Crippen LogP contribution in [0.3, 0.4) is 0 Å². The van der Waals surface area contributed by atoms with Crippen molar-refractivity contribution in [3.63, 3.8) is 0 Å². The zero-order chi connectivity index (χ0) is 14.2. The molecule has 0 bridgehead atoms. The Labute approximate surface area is 119 Å². The van der Waals surface area contributed by atoms with Gasteiger partial charge in [-0.3, -0.25) is 4.79 Å². The first kappa shape index (κ1) is 11.7. The number of rotatable bonds is 2. The van der Waals surface area contributed by atoms with Crippen molar-refractivity contribution in [2.45, 2.75) is 0 Å². The smallest absolute Gasteiger partial charge is 0.255 e. The molecule has 102 valence electrons. The second-order valence-electron chi connectivity index (χ2n) is 4.71. The Morgan fingerprint density at radius 1 is 1.24 bits per heavy atom. The van der Waals surface area contributed by atoms with Crippen LogP contribution < -0.4 is 5.32 Å². The lowest BCUT2D eigenvalue weighted by atomic mass is 10.2. The molecule has 4 aromatic rings. The molecule has 0 saturated carbocycles. The second-order valence-corrected chi connectivity index (χ2v) is 4.71. The van der Waals surface area contributed by atoms with Gasteiger partial charge < -0.3 is 10.3 Å². The molecular formula is C15H11N5O. The molecule has 0 aliphatic carbocycles. The van der Waals surface area contributed by atoms with Gasteiger partial charge in [-0.05, 0) is 30.3 Å². The molecule has 4 aromatic heterocycles. The number of carbonyl (C=O) groups is 1. The fraction of sp³-hybridized carbons (Fsp3) is 0. The minimum absolute atomic E-state index is 0.171. The van der Waals surface area contributed by atoms with Gasteiger partial charge >= 0.3 is 0 Å². The molecule has 21 heavy (non-hydrogen) atoms. The fourth-order valence-electron chi connectivity index (χ4n) is 2.27. The quantitative estimate of drug-likeness (QED) is 0.591. The topological polar surface area (TPSA) is 75.1 Å². The van der Waals surface area contributed by atoms with Crippen molar-refractivity contribution in [1.82, 2.24) is 19.6 Å². The van der Waals surface area contributed by atoms with E-state index in [0.717, 1.165) is 16.6 Å². The van der Waals surface area contributed by atoms with Gasteiger partial charge in [0.05, 0.1) is 17.4 Å². The van der Waals surface area contributed by atoms with Crippen molar-refractivity contribution in [1.29, 1.82) is 0 Å². The lowest BCUT2D eigenvalue weighted by molar-refractivity contribution is 0.102. The second kappa shape index (κ2) is 4.45. The molecule has 0 atom stereocenters. The van der Waals surface area contributed by atoms with Crippen LogP contribution in [0.5, 0.6) is 0 Å². The predicted octanol–water partition coefficient (Wildman–Crippen LogP) is 2.46. The fourth-order valence-corrected chi connectivity index (χ4v) is 2.27. The lowest BCUT2D eigenvalue weighted by Crippen LogP contribution is -2.12. The third kappa shape index (κ3) is 2.02. The zero-order valence-electron chi connectivity index (χ0n) is 10.9. The number of H-pyrrole nitrogens is 1. The SMILES string of the molecule is O=C(Nc1cnc2[nH]ccc2c1)c1ccn2nccc2c1. The lowest BCUT2D eigenvalue weighted by Gasteiger charge is -2.05. The van der Waals surface area contributed by atoms with E-state index < -0.39 is 0 Å². The highest BCUT2D eigenvalue weighted by molar-refractivity contribution is 6.05. The average Bonchev–Trinajstić information content (AvgIpc) is 3.14. The Morgan fingerprint density at radius 2 is 2.19 bits per heavy atom. The Hall–Kier alpha value is -3.15. The average molecular weight is 277 g/mol. The number of aromatic nitrogens is 4. The maximum Gasteiger partial charge on any atom is 0.255 e. The van der Waals surface area contributed by atoms with Gasteiger partial charge in [0.1, 0.15) is 5.65 Å². The number of nitrogens with one attached hydrogen (secondary N) is 2. The van der Waals surface area contributed by atoms with Crippen molar-refractivity contribution in [3.05, 3.63) is 60.7 Å². The van der Waals surface area contributed by atoms with Crippen LogP contribution in [-0.2, 0) is 0 Å². The summed E-state index contributed by atoms with van der Waals surface area (Å²) in [6.45, 7) is 0. The third-order valence-corrected chi connectivity index (χ3v) is 3.32. The van der Waals surface area contributed by atoms with E-state index in [9.17, 15) is 4.79 Å². The van der Waals surface area contributed by atoms with Crippen LogP contribution in [0, 0.1) is 0 Å². The van der Waals surface area contributed by atoms with E-state index in [0.29, 0.717) is 11.3 Å². The number of pyridine rings is 2. The van der Waals surface area contributed by atoms with Crippen LogP contribution in [0.2, 0.25) is 0 Å². The van der Waals surface area contributed by atoms with Crippen molar-refractivity contribution in [2.75, 3.05) is 5.32 Å². The van der Waals surface area contributed by atoms with Gasteiger partial charge in [-0.15, -0.1) is 0 Å². The molecule has 0 radical (unpaired) electrons. The highest BCUT2D eigenvalue weighted by atomic mass is 16.1. The van der Waals surface area contributed by atoms with Gasteiger partial charge in [0.15, 0.2) is 0 Å². The molecule has 0 fully saturated rings. The van der Waals surface area contributed by atoms with Gasteiger partial charge in [-0.1, -0.05) is 0 Å². The van der Waals surface area contributed by atoms with Crippen LogP contribution in [0.25, 0.3) is 16.6 Å². The molecule has 1 amide bonds. The van der Waals surface area contributed by atoms with Crippen LogP contribution in [-0.4, -0.2) is 25.5 Å². The number of carbonyl (C=O) groups excluding carboxylic acids is 1. The monoisotopic (exact) mass is 277 g/mol. The first-order valence-corrected chi connectivity index (χ1v) is 6.47. The van der Waals surface area contributed by atoms with Crippen molar-refractivity contribution in [2.24, 2.45) is 0 Å². The zero-order valence-corrected chi connectivity index (χ0v) is 10.9. The summed E-state index contributed by atoms with van der Waals surface area (Å²) in [4.78, 5) is 19.5. The largest absolute Gasteiger partial charge is 0.346 e. The summed E-state index contributed by atoms with van der Waals surface area (Å²) in [6, 6.07) is 9.18. The Balaban J connectivity index is 1.64. The van der Waals surface area contributed by atoms with Gasteiger partial charge in [0.2, 0.25) is 0 Å². The Kier molecular flexibility index (Phi) is 2.47. The molecule has 0 unspecified atom stereocenters. The van der Waals surface area contributed by atoms with E-state index in [1.54, 1.807) is 35.2 Å². The normalized spacial score (nSPS) is 11.0. The van der Waals surface area contributed by atoms with Gasteiger partial charge in [-0.2, -0.15) is 5.10 Å². The van der Waals surface area contributed by atoms with Crippen LogP contribution in [0.1, 0.15) is 10.4 Å². The molecule has 0 spiro atoms. The summed E-state index contributed by atoms with van der Waals surface area (Å²) < 4.78 is 1.71. The molecule has 2 N–H and O–H groups in total. The number of hydrogen-bond donors (Lipinski definition) is 2. The van der Waals surface area contributed by atoms with E-state index in [1.807, 2.05) is 24.4 Å². The number of aromatic amines is 1. The maximum atomic E-state index is 12.3. The van der Waals surface area contributed by atoms with Crippen LogP contribution in [0.4, 0.5) is 5.69 Å². The maximum absolute atomic E-state index is 12.3. The molecule has 0 aliphatic heterocycles. The summed E-state index contributed by atoms with van der Waals surface area (Å²) in [6.07, 6.45) is 6.91. The third-order valence-electron chi connectivity index (χ3n) is 3.32. The first-order chi connectivity index (χ1) is 10.3. The summed E-state index contributed by atoms with van der Waals surface area (Å²) in [5.74, 6) is -0.171. The van der Waals surface area contributed by atoms with Crippen molar-refractivity contribution in [3.8, 4) is 0 Å².